The Balaban J connectivity index is 3.10. The second kappa shape index (κ2) is 30.6. The lowest BCUT2D eigenvalue weighted by atomic mass is 9.83. The van der Waals surface area contributed by atoms with Crippen LogP contribution in [0.1, 0.15) is 190 Å². The average molecular weight is 715 g/mol. The van der Waals surface area contributed by atoms with Crippen molar-refractivity contribution in [3.8, 4) is 0 Å². The van der Waals surface area contributed by atoms with Gasteiger partial charge >= 0.3 is 18.1 Å². The summed E-state index contributed by atoms with van der Waals surface area (Å²) in [5.74, 6) is 0. The molecule has 0 saturated carbocycles. The van der Waals surface area contributed by atoms with Crippen molar-refractivity contribution >= 4 is 18.1 Å². The Bertz CT molecular complexity index is 939. The van der Waals surface area contributed by atoms with Gasteiger partial charge < -0.3 is 31.9 Å². The van der Waals surface area contributed by atoms with Crippen LogP contribution in [0.25, 0.3) is 0 Å². The van der Waals surface area contributed by atoms with Crippen LogP contribution >= 0.6 is 0 Å². The average Bonchev–Trinajstić information content (AvgIpc) is 3.13. The van der Waals surface area contributed by atoms with Crippen molar-refractivity contribution in [1.29, 1.82) is 0 Å². The van der Waals surface area contributed by atoms with Gasteiger partial charge in [-0.15, -0.1) is 0 Å². The Kier molecular flexibility index (Phi) is 27.7. The highest BCUT2D eigenvalue weighted by atomic mass is 16.2. The molecule has 0 bridgehead atoms. The lowest BCUT2D eigenvalue weighted by molar-refractivity contribution is 0.239. The summed E-state index contributed by atoms with van der Waals surface area (Å²) >= 11 is 0. The first kappa shape index (κ1) is 46.1. The van der Waals surface area contributed by atoms with E-state index >= 15 is 0 Å². The summed E-state index contributed by atoms with van der Waals surface area (Å²) in [4.78, 5) is 38.8. The molecule has 0 radical (unpaired) electrons. The van der Waals surface area contributed by atoms with Gasteiger partial charge in [-0.1, -0.05) is 138 Å². The summed E-state index contributed by atoms with van der Waals surface area (Å²) in [6, 6.07) is -0.473. The van der Waals surface area contributed by atoms with Crippen LogP contribution in [0.4, 0.5) is 14.4 Å². The van der Waals surface area contributed by atoms with E-state index in [9.17, 15) is 14.4 Å². The van der Waals surface area contributed by atoms with Crippen LogP contribution in [0.5, 0.6) is 0 Å². The predicted octanol–water partition coefficient (Wildman–Crippen LogP) is 9.85. The minimum absolute atomic E-state index is 0.158. The number of unbranched alkanes of at least 4 members (excludes halogenated alkanes) is 15. The van der Waals surface area contributed by atoms with E-state index in [4.69, 9.17) is 0 Å². The molecule has 0 heterocycles. The van der Waals surface area contributed by atoms with Gasteiger partial charge in [0.05, 0.1) is 0 Å². The lowest BCUT2D eigenvalue weighted by Crippen LogP contribution is -2.38. The number of hydrogen-bond acceptors (Lipinski definition) is 3. The Morgan fingerprint density at radius 1 is 0.314 bits per heavy atom. The van der Waals surface area contributed by atoms with Gasteiger partial charge in [0.15, 0.2) is 0 Å². The minimum atomic E-state index is -0.158. The number of carbonyl (C=O) groups excluding carboxylic acids is 3. The molecular formula is C42H78N6O3. The molecule has 6 N–H and O–H groups in total. The largest absolute Gasteiger partial charge is 0.338 e. The third-order valence-electron chi connectivity index (χ3n) is 9.97. The highest BCUT2D eigenvalue weighted by Gasteiger charge is 2.22. The van der Waals surface area contributed by atoms with E-state index in [0.717, 1.165) is 74.5 Å². The number of rotatable bonds is 30. The van der Waals surface area contributed by atoms with Crippen LogP contribution in [0.3, 0.4) is 0 Å². The van der Waals surface area contributed by atoms with Crippen molar-refractivity contribution in [2.45, 2.75) is 196 Å². The molecule has 0 atom stereocenters. The summed E-state index contributed by atoms with van der Waals surface area (Å²) < 4.78 is 0. The standard InChI is InChI=1S/C42H78N6O3/c1-7-13-16-19-22-25-28-43-40(49)46-31-37-34(10-4)38(32-47-41(50)44-29-26-23-20-17-14-8-2)36(12-6)39(35(37)11-5)33-48-42(51)45-30-27-24-21-18-15-9-3/h7-33H2,1-6H3,(H2,43,46,49)(H2,44,47,50)(H2,45,48,51). The summed E-state index contributed by atoms with van der Waals surface area (Å²) in [6.45, 7) is 16.3. The molecule has 1 aromatic carbocycles. The molecule has 51 heavy (non-hydrogen) atoms. The molecule has 0 saturated heterocycles. The number of benzene rings is 1. The Morgan fingerprint density at radius 3 is 0.784 bits per heavy atom. The Labute approximate surface area is 312 Å². The zero-order chi connectivity index (χ0) is 37.5. The maximum atomic E-state index is 12.9. The van der Waals surface area contributed by atoms with Crippen molar-refractivity contribution in [1.82, 2.24) is 31.9 Å². The molecule has 294 valence electrons. The van der Waals surface area contributed by atoms with E-state index in [1.54, 1.807) is 0 Å². The first-order chi connectivity index (χ1) is 24.9. The van der Waals surface area contributed by atoms with Crippen molar-refractivity contribution in [3.05, 3.63) is 33.4 Å². The number of nitrogens with one attached hydrogen (secondary N) is 6. The summed E-state index contributed by atoms with van der Waals surface area (Å²) in [5, 5.41) is 18.6. The zero-order valence-corrected chi connectivity index (χ0v) is 33.8. The van der Waals surface area contributed by atoms with E-state index in [-0.39, 0.29) is 18.1 Å². The third kappa shape index (κ3) is 20.0. The first-order valence-electron chi connectivity index (χ1n) is 21.1. The Morgan fingerprint density at radius 2 is 0.549 bits per heavy atom. The number of hydrogen-bond donors (Lipinski definition) is 6. The smallest absolute Gasteiger partial charge is 0.315 e. The summed E-state index contributed by atoms with van der Waals surface area (Å²) in [7, 11) is 0. The highest BCUT2D eigenvalue weighted by Crippen LogP contribution is 2.31. The lowest BCUT2D eigenvalue weighted by Gasteiger charge is -2.27. The number of amides is 6. The maximum Gasteiger partial charge on any atom is 0.315 e. The molecule has 0 aromatic heterocycles. The SMILES string of the molecule is CCCCCCCCNC(=O)NCc1c(CC)c(CNC(=O)NCCCCCCCC)c(CC)c(CNC(=O)NCCCCCCCC)c1CC. The Hall–Kier alpha value is -2.97. The zero-order valence-electron chi connectivity index (χ0n) is 33.8. The van der Waals surface area contributed by atoms with Crippen LogP contribution < -0.4 is 31.9 Å². The second-order valence-electron chi connectivity index (χ2n) is 14.1. The summed E-state index contributed by atoms with van der Waals surface area (Å²) in [5.41, 5.74) is 6.81. The molecule has 0 aliphatic carbocycles. The van der Waals surface area contributed by atoms with Gasteiger partial charge in [-0.3, -0.25) is 0 Å². The van der Waals surface area contributed by atoms with Gasteiger partial charge in [0.2, 0.25) is 0 Å². The van der Waals surface area contributed by atoms with Gasteiger partial charge in [-0.2, -0.15) is 0 Å². The van der Waals surface area contributed by atoms with E-state index in [0.29, 0.717) is 39.3 Å². The van der Waals surface area contributed by atoms with Gasteiger partial charge in [0, 0.05) is 39.3 Å². The molecule has 1 aromatic rings. The fourth-order valence-electron chi connectivity index (χ4n) is 7.03. The van der Waals surface area contributed by atoms with Crippen LogP contribution in [0, 0.1) is 0 Å². The second-order valence-corrected chi connectivity index (χ2v) is 14.1. The number of urea groups is 3. The monoisotopic (exact) mass is 715 g/mol. The molecule has 0 fully saturated rings. The van der Waals surface area contributed by atoms with E-state index < -0.39 is 0 Å². The van der Waals surface area contributed by atoms with Crippen molar-refractivity contribution in [3.63, 3.8) is 0 Å². The van der Waals surface area contributed by atoms with Gasteiger partial charge in [-0.05, 0) is 71.9 Å². The molecule has 6 amide bonds. The van der Waals surface area contributed by atoms with Crippen molar-refractivity contribution < 1.29 is 14.4 Å². The van der Waals surface area contributed by atoms with E-state index in [1.165, 1.54) is 93.7 Å². The van der Waals surface area contributed by atoms with Crippen molar-refractivity contribution in [2.24, 2.45) is 0 Å². The first-order valence-corrected chi connectivity index (χ1v) is 21.1. The molecule has 1 rings (SSSR count). The highest BCUT2D eigenvalue weighted by molar-refractivity contribution is 5.75. The van der Waals surface area contributed by atoms with Crippen LogP contribution in [-0.2, 0) is 38.9 Å². The van der Waals surface area contributed by atoms with Crippen LogP contribution in [0.2, 0.25) is 0 Å². The third-order valence-corrected chi connectivity index (χ3v) is 9.97. The topological polar surface area (TPSA) is 123 Å². The maximum absolute atomic E-state index is 12.9. The number of carbonyl (C=O) groups is 3. The van der Waals surface area contributed by atoms with Gasteiger partial charge in [0.25, 0.3) is 0 Å². The minimum Gasteiger partial charge on any atom is -0.338 e. The molecule has 9 heteroatoms. The predicted molar refractivity (Wildman–Crippen MR) is 215 cm³/mol. The molecular weight excluding hydrogens is 637 g/mol. The summed E-state index contributed by atoms with van der Waals surface area (Å²) in [6.07, 6.45) is 23.6. The van der Waals surface area contributed by atoms with Crippen LogP contribution in [-0.4, -0.2) is 37.7 Å². The molecule has 0 spiro atoms. The fourth-order valence-corrected chi connectivity index (χ4v) is 7.03. The van der Waals surface area contributed by atoms with E-state index in [1.807, 2.05) is 0 Å². The molecule has 0 aliphatic rings. The van der Waals surface area contributed by atoms with Gasteiger partial charge in [0.1, 0.15) is 0 Å². The normalized spacial score (nSPS) is 10.9. The fraction of sp³-hybridized carbons (Fsp3) is 0.786. The molecule has 0 aliphatic heterocycles. The van der Waals surface area contributed by atoms with Gasteiger partial charge in [-0.25, -0.2) is 14.4 Å². The van der Waals surface area contributed by atoms with E-state index in [2.05, 4.69) is 73.4 Å². The van der Waals surface area contributed by atoms with Crippen molar-refractivity contribution in [2.75, 3.05) is 19.6 Å². The molecule has 0 unspecified atom stereocenters. The quantitative estimate of drug-likeness (QED) is 0.0445. The van der Waals surface area contributed by atoms with Crippen LogP contribution in [0.15, 0.2) is 0 Å². The molecule has 9 nitrogen and oxygen atoms in total.